The highest BCUT2D eigenvalue weighted by atomic mass is 16.4. The van der Waals surface area contributed by atoms with Gasteiger partial charge in [-0.05, 0) is 19.4 Å². The largest absolute Gasteiger partial charge is 0.545 e. The summed E-state index contributed by atoms with van der Waals surface area (Å²) in [7, 11) is 0. The predicted molar refractivity (Wildman–Crippen MR) is 33.7 cm³/mol. The first kappa shape index (κ1) is 8.21. The van der Waals surface area contributed by atoms with Crippen LogP contribution in [0.2, 0.25) is 0 Å². The molecule has 0 saturated carbocycles. The zero-order valence-electron chi connectivity index (χ0n) is 5.81. The number of carboxylic acids is 1. The first-order chi connectivity index (χ1) is 4.16. The average molecular weight is 127 g/mol. The number of rotatable bonds is 3. The maximum Gasteiger partial charge on any atom is 0.0642 e. The van der Waals surface area contributed by atoms with E-state index in [9.17, 15) is 9.90 Å². The normalized spacial score (nSPS) is 11.6. The molecule has 0 unspecified atom stereocenters. The van der Waals surface area contributed by atoms with Crippen LogP contribution in [0.25, 0.3) is 0 Å². The fourth-order valence-electron chi connectivity index (χ4n) is 0.668. The Balaban J connectivity index is 3.69. The van der Waals surface area contributed by atoms with Gasteiger partial charge in [-0.3, -0.25) is 0 Å². The monoisotopic (exact) mass is 127 g/mol. The Morgan fingerprint density at radius 3 is 2.56 bits per heavy atom. The molecule has 52 valence electrons. The van der Waals surface area contributed by atoms with Crippen LogP contribution in [0.5, 0.6) is 0 Å². The summed E-state index contributed by atoms with van der Waals surface area (Å²) in [6.07, 6.45) is 2.97. The Morgan fingerprint density at radius 2 is 2.22 bits per heavy atom. The van der Waals surface area contributed by atoms with Crippen molar-refractivity contribution in [3.63, 3.8) is 0 Å². The van der Waals surface area contributed by atoms with E-state index in [0.29, 0.717) is 0 Å². The van der Waals surface area contributed by atoms with E-state index in [1.807, 2.05) is 6.92 Å². The second-order valence-corrected chi connectivity index (χ2v) is 2.06. The number of aliphatic carboxylic acids is 1. The SMILES string of the molecule is CCC/C(C)=C/C(=O)[O-]. The molecule has 2 nitrogen and oxygen atoms in total. The number of carboxylic acid groups (broad SMARTS) is 1. The second kappa shape index (κ2) is 4.13. The molecule has 9 heavy (non-hydrogen) atoms. The van der Waals surface area contributed by atoms with Gasteiger partial charge in [-0.15, -0.1) is 0 Å². The summed E-state index contributed by atoms with van der Waals surface area (Å²) in [6.45, 7) is 3.80. The molecule has 0 atom stereocenters. The smallest absolute Gasteiger partial charge is 0.0642 e. The molecule has 0 radical (unpaired) electrons. The first-order valence-corrected chi connectivity index (χ1v) is 3.05. The summed E-state index contributed by atoms with van der Waals surface area (Å²) in [5.74, 6) is -1.10. The van der Waals surface area contributed by atoms with E-state index < -0.39 is 5.97 Å². The van der Waals surface area contributed by atoms with Crippen LogP contribution >= 0.6 is 0 Å². The van der Waals surface area contributed by atoms with Gasteiger partial charge in [-0.2, -0.15) is 0 Å². The molecule has 0 heterocycles. The van der Waals surface area contributed by atoms with Gasteiger partial charge in [-0.25, -0.2) is 0 Å². The fraction of sp³-hybridized carbons (Fsp3) is 0.571. The second-order valence-electron chi connectivity index (χ2n) is 2.06. The molecule has 0 aromatic carbocycles. The third-order valence-electron chi connectivity index (χ3n) is 1.01. The maximum atomic E-state index is 9.90. The number of hydrogen-bond acceptors (Lipinski definition) is 2. The number of carbonyl (C=O) groups excluding carboxylic acids is 1. The Morgan fingerprint density at radius 1 is 1.67 bits per heavy atom. The van der Waals surface area contributed by atoms with E-state index in [0.717, 1.165) is 24.5 Å². The van der Waals surface area contributed by atoms with Crippen LogP contribution in [0.4, 0.5) is 0 Å². The van der Waals surface area contributed by atoms with Gasteiger partial charge in [0.15, 0.2) is 0 Å². The standard InChI is InChI=1S/C7H12O2/c1-3-4-6(2)5-7(8)9/h5H,3-4H2,1-2H3,(H,8,9)/p-1/b6-5+. The summed E-state index contributed by atoms with van der Waals surface area (Å²) >= 11 is 0. The minimum absolute atomic E-state index is 0.841. The maximum absolute atomic E-state index is 9.90. The summed E-state index contributed by atoms with van der Waals surface area (Å²) < 4.78 is 0. The molecule has 0 saturated heterocycles. The Kier molecular flexibility index (Phi) is 3.76. The van der Waals surface area contributed by atoms with Crippen molar-refractivity contribution >= 4 is 5.97 Å². The highest BCUT2D eigenvalue weighted by Crippen LogP contribution is 2.00. The Hall–Kier alpha value is -0.790. The van der Waals surface area contributed by atoms with Crippen LogP contribution in [0, 0.1) is 0 Å². The van der Waals surface area contributed by atoms with Gasteiger partial charge in [-0.1, -0.05) is 18.9 Å². The average Bonchev–Trinajstić information content (AvgIpc) is 1.63. The third-order valence-corrected chi connectivity index (χ3v) is 1.01. The van der Waals surface area contributed by atoms with Gasteiger partial charge in [0.1, 0.15) is 0 Å². The van der Waals surface area contributed by atoms with Crippen LogP contribution in [-0.2, 0) is 4.79 Å². The molecule has 0 aliphatic carbocycles. The van der Waals surface area contributed by atoms with E-state index in [1.165, 1.54) is 0 Å². The molecular weight excluding hydrogens is 116 g/mol. The van der Waals surface area contributed by atoms with Crippen LogP contribution < -0.4 is 5.11 Å². The van der Waals surface area contributed by atoms with Gasteiger partial charge < -0.3 is 9.90 Å². The van der Waals surface area contributed by atoms with Crippen molar-refractivity contribution < 1.29 is 9.90 Å². The molecule has 0 spiro atoms. The van der Waals surface area contributed by atoms with Crippen LogP contribution in [0.15, 0.2) is 11.6 Å². The predicted octanol–water partition coefficient (Wildman–Crippen LogP) is 0.483. The zero-order chi connectivity index (χ0) is 7.28. The van der Waals surface area contributed by atoms with Crippen molar-refractivity contribution in [1.82, 2.24) is 0 Å². The quantitative estimate of drug-likeness (QED) is 0.517. The van der Waals surface area contributed by atoms with Crippen molar-refractivity contribution in [3.8, 4) is 0 Å². The number of hydrogen-bond donors (Lipinski definition) is 0. The Bertz CT molecular complexity index is 125. The molecule has 0 rings (SSSR count). The topological polar surface area (TPSA) is 40.1 Å². The van der Waals surface area contributed by atoms with Gasteiger partial charge in [0, 0.05) is 0 Å². The van der Waals surface area contributed by atoms with Gasteiger partial charge in [0.25, 0.3) is 0 Å². The molecule has 0 aromatic heterocycles. The number of carbonyl (C=O) groups is 1. The van der Waals surface area contributed by atoms with E-state index in [-0.39, 0.29) is 0 Å². The molecule has 2 heteroatoms. The van der Waals surface area contributed by atoms with Crippen molar-refractivity contribution in [2.75, 3.05) is 0 Å². The molecular formula is C7H11O2-. The van der Waals surface area contributed by atoms with E-state index in [4.69, 9.17) is 0 Å². The fourth-order valence-corrected chi connectivity index (χ4v) is 0.668. The molecule has 0 amide bonds. The van der Waals surface area contributed by atoms with Gasteiger partial charge in [0.05, 0.1) is 5.97 Å². The van der Waals surface area contributed by atoms with E-state index in [1.54, 1.807) is 6.92 Å². The van der Waals surface area contributed by atoms with Crippen LogP contribution in [-0.4, -0.2) is 5.97 Å². The lowest BCUT2D eigenvalue weighted by atomic mass is 10.2. The van der Waals surface area contributed by atoms with Gasteiger partial charge in [0.2, 0.25) is 0 Å². The lowest BCUT2D eigenvalue weighted by Gasteiger charge is -1.97. The molecule has 0 aliphatic heterocycles. The molecule has 0 N–H and O–H groups in total. The summed E-state index contributed by atoms with van der Waals surface area (Å²) in [6, 6.07) is 0. The molecule has 0 bridgehead atoms. The van der Waals surface area contributed by atoms with Crippen molar-refractivity contribution in [2.24, 2.45) is 0 Å². The minimum atomic E-state index is -1.10. The van der Waals surface area contributed by atoms with Crippen molar-refractivity contribution in [1.29, 1.82) is 0 Å². The molecule has 0 aromatic rings. The highest BCUT2D eigenvalue weighted by molar-refractivity contribution is 5.78. The van der Waals surface area contributed by atoms with Gasteiger partial charge >= 0.3 is 0 Å². The summed E-state index contributed by atoms with van der Waals surface area (Å²) in [5, 5.41) is 9.90. The van der Waals surface area contributed by atoms with Crippen molar-refractivity contribution in [3.05, 3.63) is 11.6 Å². The van der Waals surface area contributed by atoms with Crippen molar-refractivity contribution in [2.45, 2.75) is 26.7 Å². The minimum Gasteiger partial charge on any atom is -0.545 e. The summed E-state index contributed by atoms with van der Waals surface area (Å²) in [4.78, 5) is 9.90. The highest BCUT2D eigenvalue weighted by Gasteiger charge is 1.84. The first-order valence-electron chi connectivity index (χ1n) is 3.05. The van der Waals surface area contributed by atoms with Crippen LogP contribution in [0.1, 0.15) is 26.7 Å². The summed E-state index contributed by atoms with van der Waals surface area (Å²) in [5.41, 5.74) is 0.873. The molecule has 0 aliphatic rings. The lowest BCUT2D eigenvalue weighted by Crippen LogP contribution is -2.19. The molecule has 0 fully saturated rings. The lowest BCUT2D eigenvalue weighted by molar-refractivity contribution is -0.297. The zero-order valence-corrected chi connectivity index (χ0v) is 5.81. The number of allylic oxidation sites excluding steroid dienone is 1. The third kappa shape index (κ3) is 5.07. The van der Waals surface area contributed by atoms with E-state index >= 15 is 0 Å². The van der Waals surface area contributed by atoms with Crippen LogP contribution in [0.3, 0.4) is 0 Å². The van der Waals surface area contributed by atoms with E-state index in [2.05, 4.69) is 0 Å². The Labute approximate surface area is 55.2 Å².